The maximum Gasteiger partial charge on any atom is 0.262 e. The third-order valence-corrected chi connectivity index (χ3v) is 5.10. The Morgan fingerprint density at radius 3 is 2.81 bits per heavy atom. The highest BCUT2D eigenvalue weighted by atomic mass is 16.5. The predicted molar refractivity (Wildman–Crippen MR) is 102 cm³/mol. The van der Waals surface area contributed by atoms with Crippen molar-refractivity contribution in [2.24, 2.45) is 0 Å². The van der Waals surface area contributed by atoms with Gasteiger partial charge in [-0.25, -0.2) is 0 Å². The zero-order valence-corrected chi connectivity index (χ0v) is 14.9. The summed E-state index contributed by atoms with van der Waals surface area (Å²) in [5.74, 6) is 1.47. The van der Waals surface area contributed by atoms with Crippen LogP contribution in [0.5, 0.6) is 11.5 Å². The summed E-state index contributed by atoms with van der Waals surface area (Å²) in [4.78, 5) is 17.2. The van der Waals surface area contributed by atoms with Crippen LogP contribution >= 0.6 is 0 Å². The number of hydrogen-bond acceptors (Lipinski definition) is 4. The summed E-state index contributed by atoms with van der Waals surface area (Å²) < 4.78 is 13.9. The van der Waals surface area contributed by atoms with Gasteiger partial charge in [-0.3, -0.25) is 9.78 Å². The number of aryl methyl sites for hydroxylation is 1. The molecule has 0 amide bonds. The first-order chi connectivity index (χ1) is 13.2. The van der Waals surface area contributed by atoms with E-state index in [1.807, 2.05) is 55.5 Å². The Kier molecular flexibility index (Phi) is 3.60. The second kappa shape index (κ2) is 6.13. The predicted octanol–water partition coefficient (Wildman–Crippen LogP) is 3.51. The number of benzene rings is 1. The van der Waals surface area contributed by atoms with Crippen molar-refractivity contribution >= 4 is 6.08 Å². The number of rotatable bonds is 2. The molecule has 0 bridgehead atoms. The average Bonchev–Trinajstić information content (AvgIpc) is 2.71. The quantitative estimate of drug-likeness (QED) is 0.703. The molecule has 0 spiro atoms. The molecule has 5 rings (SSSR count). The highest BCUT2D eigenvalue weighted by Gasteiger charge is 2.32. The summed E-state index contributed by atoms with van der Waals surface area (Å²) in [6.45, 7) is 2.87. The van der Waals surface area contributed by atoms with Gasteiger partial charge in [-0.05, 0) is 36.8 Å². The maximum atomic E-state index is 13.1. The van der Waals surface area contributed by atoms with Crippen molar-refractivity contribution in [1.29, 1.82) is 0 Å². The van der Waals surface area contributed by atoms with Crippen LogP contribution in [0.4, 0.5) is 0 Å². The van der Waals surface area contributed by atoms with Crippen molar-refractivity contribution in [2.75, 3.05) is 6.61 Å². The van der Waals surface area contributed by atoms with Gasteiger partial charge in [0.2, 0.25) is 0 Å². The standard InChI is InChI=1S/C22H18N2O3/c1-14-10-20-18(22(25)24(14)12-15-6-8-23-9-7-15)11-16-13-26-19-5-3-2-4-17(19)21(16)27-20/h2-11,21H,12-13H2,1H3/t21-/m0/s1. The lowest BCUT2D eigenvalue weighted by Gasteiger charge is -2.32. The minimum Gasteiger partial charge on any atom is -0.489 e. The fourth-order valence-electron chi connectivity index (χ4n) is 3.69. The Morgan fingerprint density at radius 1 is 1.15 bits per heavy atom. The van der Waals surface area contributed by atoms with Crippen LogP contribution in [0.3, 0.4) is 0 Å². The second-order valence-electron chi connectivity index (χ2n) is 6.85. The van der Waals surface area contributed by atoms with Gasteiger partial charge in [0.25, 0.3) is 5.56 Å². The summed E-state index contributed by atoms with van der Waals surface area (Å²) in [7, 11) is 0. The smallest absolute Gasteiger partial charge is 0.262 e. The Hall–Kier alpha value is -3.34. The molecule has 27 heavy (non-hydrogen) atoms. The third kappa shape index (κ3) is 2.63. The number of para-hydroxylation sites is 1. The number of fused-ring (bicyclic) bond motifs is 4. The molecule has 2 aliphatic rings. The van der Waals surface area contributed by atoms with E-state index >= 15 is 0 Å². The first kappa shape index (κ1) is 15.9. The Morgan fingerprint density at radius 2 is 1.96 bits per heavy atom. The number of pyridine rings is 2. The van der Waals surface area contributed by atoms with Crippen molar-refractivity contribution < 1.29 is 9.47 Å². The highest BCUT2D eigenvalue weighted by molar-refractivity contribution is 5.65. The molecule has 0 saturated heterocycles. The van der Waals surface area contributed by atoms with E-state index in [-0.39, 0.29) is 11.7 Å². The summed E-state index contributed by atoms with van der Waals surface area (Å²) in [6.07, 6.45) is 5.21. The van der Waals surface area contributed by atoms with Crippen LogP contribution in [-0.4, -0.2) is 16.2 Å². The van der Waals surface area contributed by atoms with Gasteiger partial charge in [0, 0.05) is 35.3 Å². The third-order valence-electron chi connectivity index (χ3n) is 5.10. The molecule has 0 N–H and O–H groups in total. The van der Waals surface area contributed by atoms with Crippen LogP contribution in [0.25, 0.3) is 6.08 Å². The van der Waals surface area contributed by atoms with E-state index in [4.69, 9.17) is 9.47 Å². The zero-order chi connectivity index (χ0) is 18.4. The van der Waals surface area contributed by atoms with Crippen LogP contribution in [-0.2, 0) is 6.54 Å². The van der Waals surface area contributed by atoms with E-state index in [0.29, 0.717) is 24.5 Å². The van der Waals surface area contributed by atoms with Gasteiger partial charge in [0.15, 0.2) is 6.10 Å². The molecule has 2 aliphatic heterocycles. The van der Waals surface area contributed by atoms with Crippen LogP contribution in [0.2, 0.25) is 0 Å². The van der Waals surface area contributed by atoms with Crippen molar-refractivity contribution in [1.82, 2.24) is 9.55 Å². The summed E-state index contributed by atoms with van der Waals surface area (Å²) in [6, 6.07) is 13.7. The van der Waals surface area contributed by atoms with Gasteiger partial charge in [-0.1, -0.05) is 18.2 Å². The van der Waals surface area contributed by atoms with E-state index in [0.717, 1.165) is 28.1 Å². The lowest BCUT2D eigenvalue weighted by molar-refractivity contribution is 0.188. The number of ether oxygens (including phenoxy) is 2. The Bertz CT molecular complexity index is 1120. The largest absolute Gasteiger partial charge is 0.489 e. The molecule has 1 aromatic carbocycles. The second-order valence-corrected chi connectivity index (χ2v) is 6.85. The molecule has 134 valence electrons. The molecular weight excluding hydrogens is 340 g/mol. The van der Waals surface area contributed by atoms with Crippen molar-refractivity contribution in [2.45, 2.75) is 19.6 Å². The fourth-order valence-corrected chi connectivity index (χ4v) is 3.69. The summed E-state index contributed by atoms with van der Waals surface area (Å²) in [5.41, 5.74) is 4.41. The van der Waals surface area contributed by atoms with Gasteiger partial charge < -0.3 is 14.0 Å². The summed E-state index contributed by atoms with van der Waals surface area (Å²) in [5, 5.41) is 0. The highest BCUT2D eigenvalue weighted by Crippen LogP contribution is 2.42. The lowest BCUT2D eigenvalue weighted by atomic mass is 9.94. The van der Waals surface area contributed by atoms with E-state index < -0.39 is 0 Å². The number of aromatic nitrogens is 2. The molecule has 0 radical (unpaired) electrons. The van der Waals surface area contributed by atoms with Crippen LogP contribution in [0, 0.1) is 6.92 Å². The molecule has 0 fully saturated rings. The van der Waals surface area contributed by atoms with E-state index in [9.17, 15) is 4.79 Å². The average molecular weight is 358 g/mol. The zero-order valence-electron chi connectivity index (χ0n) is 14.9. The molecular formula is C22H18N2O3. The van der Waals surface area contributed by atoms with Gasteiger partial charge in [-0.2, -0.15) is 0 Å². The first-order valence-electron chi connectivity index (χ1n) is 8.93. The molecule has 5 nitrogen and oxygen atoms in total. The SMILES string of the molecule is Cc1cc2c(c(=O)n1Cc1ccncc1)C=C1COc3ccccc3[C@H]1O2. The number of nitrogens with zero attached hydrogens (tertiary/aromatic N) is 2. The molecule has 0 unspecified atom stereocenters. The molecule has 1 atom stereocenters. The van der Waals surface area contributed by atoms with Crippen molar-refractivity contribution in [3.8, 4) is 11.5 Å². The Labute approximate surface area is 156 Å². The van der Waals surface area contributed by atoms with E-state index in [1.54, 1.807) is 17.0 Å². The van der Waals surface area contributed by atoms with Crippen LogP contribution < -0.4 is 15.0 Å². The molecule has 0 aliphatic carbocycles. The lowest BCUT2D eigenvalue weighted by Crippen LogP contribution is -2.30. The topological polar surface area (TPSA) is 53.4 Å². The normalized spacial score (nSPS) is 16.9. The van der Waals surface area contributed by atoms with E-state index in [1.165, 1.54) is 0 Å². The minimum atomic E-state index is -0.197. The summed E-state index contributed by atoms with van der Waals surface area (Å²) >= 11 is 0. The van der Waals surface area contributed by atoms with Gasteiger partial charge in [0.1, 0.15) is 18.1 Å². The van der Waals surface area contributed by atoms with Gasteiger partial charge >= 0.3 is 0 Å². The van der Waals surface area contributed by atoms with E-state index in [2.05, 4.69) is 4.98 Å². The maximum absolute atomic E-state index is 13.1. The monoisotopic (exact) mass is 358 g/mol. The van der Waals surface area contributed by atoms with Crippen LogP contribution in [0.1, 0.15) is 28.5 Å². The van der Waals surface area contributed by atoms with Crippen LogP contribution in [0.15, 0.2) is 65.2 Å². The van der Waals surface area contributed by atoms with Crippen molar-refractivity contribution in [3.63, 3.8) is 0 Å². The molecule has 3 aromatic rings. The molecule has 5 heteroatoms. The molecule has 0 saturated carbocycles. The Balaban J connectivity index is 1.59. The molecule has 2 aromatic heterocycles. The number of hydrogen-bond donors (Lipinski definition) is 0. The van der Waals surface area contributed by atoms with Crippen molar-refractivity contribution in [3.05, 3.63) is 93.2 Å². The van der Waals surface area contributed by atoms with Gasteiger partial charge in [-0.15, -0.1) is 0 Å². The first-order valence-corrected chi connectivity index (χ1v) is 8.93. The van der Waals surface area contributed by atoms with Gasteiger partial charge in [0.05, 0.1) is 12.1 Å². The minimum absolute atomic E-state index is 0.0494. The molecule has 4 heterocycles. The fraction of sp³-hybridized carbons (Fsp3) is 0.182.